The minimum atomic E-state index is -0.0486. The normalized spacial score (nSPS) is 16.3. The molecule has 0 atom stereocenters. The summed E-state index contributed by atoms with van der Waals surface area (Å²) in [5.41, 5.74) is 7.10. The fourth-order valence-corrected chi connectivity index (χ4v) is 2.46. The smallest absolute Gasteiger partial charge is 0.321 e. The molecule has 2 amide bonds. The van der Waals surface area contributed by atoms with E-state index in [1.54, 1.807) is 12.1 Å². The molecule has 1 fully saturated rings. The summed E-state index contributed by atoms with van der Waals surface area (Å²) in [5, 5.41) is 2.89. The number of nitrogens with one attached hydrogen (secondary N) is 1. The van der Waals surface area contributed by atoms with E-state index in [0.29, 0.717) is 11.7 Å². The number of rotatable bonds is 2. The summed E-state index contributed by atoms with van der Waals surface area (Å²) in [6.45, 7) is 0. The van der Waals surface area contributed by atoms with E-state index in [4.69, 9.17) is 5.73 Å². The van der Waals surface area contributed by atoms with Crippen molar-refractivity contribution < 1.29 is 4.79 Å². The minimum Gasteiger partial charge on any atom is -0.399 e. The SMILES string of the molecule is CN(C(=O)Nc1cccc(N)c1)C1CCCCC1. The summed E-state index contributed by atoms with van der Waals surface area (Å²) >= 11 is 0. The third-order valence-electron chi connectivity index (χ3n) is 3.58. The second-order valence-corrected chi connectivity index (χ2v) is 4.96. The van der Waals surface area contributed by atoms with Crippen molar-refractivity contribution in [1.29, 1.82) is 0 Å². The Morgan fingerprint density at radius 3 is 2.72 bits per heavy atom. The van der Waals surface area contributed by atoms with Crippen molar-refractivity contribution in [3.63, 3.8) is 0 Å². The highest BCUT2D eigenvalue weighted by Crippen LogP contribution is 2.22. The first-order valence-electron chi connectivity index (χ1n) is 6.56. The predicted molar refractivity (Wildman–Crippen MR) is 74.5 cm³/mol. The number of nitrogen functional groups attached to an aromatic ring is 1. The molecule has 18 heavy (non-hydrogen) atoms. The third kappa shape index (κ3) is 3.15. The molecule has 1 aromatic rings. The number of anilines is 2. The molecule has 0 spiro atoms. The van der Waals surface area contributed by atoms with E-state index in [0.717, 1.165) is 18.5 Å². The molecule has 0 aliphatic heterocycles. The molecule has 1 aliphatic rings. The second-order valence-electron chi connectivity index (χ2n) is 4.96. The van der Waals surface area contributed by atoms with Gasteiger partial charge in [-0.3, -0.25) is 0 Å². The maximum atomic E-state index is 12.1. The van der Waals surface area contributed by atoms with Crippen molar-refractivity contribution in [3.8, 4) is 0 Å². The monoisotopic (exact) mass is 247 g/mol. The fourth-order valence-electron chi connectivity index (χ4n) is 2.46. The number of hydrogen-bond donors (Lipinski definition) is 2. The Labute approximate surface area is 108 Å². The van der Waals surface area contributed by atoms with Gasteiger partial charge in [0, 0.05) is 24.5 Å². The Hall–Kier alpha value is -1.71. The van der Waals surface area contributed by atoms with Crippen molar-refractivity contribution in [2.75, 3.05) is 18.1 Å². The Balaban J connectivity index is 1.94. The van der Waals surface area contributed by atoms with Gasteiger partial charge < -0.3 is 16.0 Å². The predicted octanol–water partition coefficient (Wildman–Crippen LogP) is 3.07. The number of carbonyl (C=O) groups is 1. The lowest BCUT2D eigenvalue weighted by Crippen LogP contribution is -2.40. The summed E-state index contributed by atoms with van der Waals surface area (Å²) in [6.07, 6.45) is 5.96. The van der Waals surface area contributed by atoms with Crippen LogP contribution in [-0.2, 0) is 0 Å². The van der Waals surface area contributed by atoms with Gasteiger partial charge in [-0.1, -0.05) is 25.3 Å². The molecule has 1 aromatic carbocycles. The molecule has 4 nitrogen and oxygen atoms in total. The molecule has 0 saturated heterocycles. The first kappa shape index (κ1) is 12.7. The van der Waals surface area contributed by atoms with Gasteiger partial charge in [-0.05, 0) is 31.0 Å². The summed E-state index contributed by atoms with van der Waals surface area (Å²) in [7, 11) is 1.87. The molecule has 0 heterocycles. The number of nitrogens with zero attached hydrogens (tertiary/aromatic N) is 1. The van der Waals surface area contributed by atoms with Crippen LogP contribution < -0.4 is 11.1 Å². The number of benzene rings is 1. The van der Waals surface area contributed by atoms with Gasteiger partial charge in [0.15, 0.2) is 0 Å². The number of urea groups is 1. The van der Waals surface area contributed by atoms with Crippen LogP contribution in [0.4, 0.5) is 16.2 Å². The van der Waals surface area contributed by atoms with Crippen LogP contribution in [0.1, 0.15) is 32.1 Å². The summed E-state index contributed by atoms with van der Waals surface area (Å²) in [4.78, 5) is 13.9. The molecular formula is C14H21N3O. The van der Waals surface area contributed by atoms with Crippen LogP contribution in [0.2, 0.25) is 0 Å². The zero-order chi connectivity index (χ0) is 13.0. The summed E-state index contributed by atoms with van der Waals surface area (Å²) < 4.78 is 0. The first-order chi connectivity index (χ1) is 8.66. The number of carbonyl (C=O) groups excluding carboxylic acids is 1. The van der Waals surface area contributed by atoms with E-state index in [9.17, 15) is 4.79 Å². The molecular weight excluding hydrogens is 226 g/mol. The zero-order valence-corrected chi connectivity index (χ0v) is 10.9. The van der Waals surface area contributed by atoms with Gasteiger partial charge in [-0.25, -0.2) is 4.79 Å². The maximum Gasteiger partial charge on any atom is 0.321 e. The third-order valence-corrected chi connectivity index (χ3v) is 3.58. The van der Waals surface area contributed by atoms with Gasteiger partial charge in [0.2, 0.25) is 0 Å². The lowest BCUT2D eigenvalue weighted by Gasteiger charge is -2.31. The van der Waals surface area contributed by atoms with E-state index in [1.807, 2.05) is 24.1 Å². The van der Waals surface area contributed by atoms with Gasteiger partial charge in [0.05, 0.1) is 0 Å². The Bertz CT molecular complexity index is 413. The Morgan fingerprint density at radius 1 is 1.33 bits per heavy atom. The second kappa shape index (κ2) is 5.76. The number of amides is 2. The van der Waals surface area contributed by atoms with E-state index in [2.05, 4.69) is 5.32 Å². The molecule has 0 unspecified atom stereocenters. The molecule has 3 N–H and O–H groups in total. The Morgan fingerprint density at radius 2 is 2.06 bits per heavy atom. The molecule has 0 aromatic heterocycles. The van der Waals surface area contributed by atoms with Crippen molar-refractivity contribution >= 4 is 17.4 Å². The minimum absolute atomic E-state index is 0.0486. The average molecular weight is 247 g/mol. The standard InChI is InChI=1S/C14H21N3O/c1-17(13-8-3-2-4-9-13)14(18)16-12-7-5-6-11(15)10-12/h5-7,10,13H,2-4,8-9,15H2,1H3,(H,16,18). The van der Waals surface area contributed by atoms with E-state index in [1.165, 1.54) is 19.3 Å². The van der Waals surface area contributed by atoms with Crippen LogP contribution in [0.3, 0.4) is 0 Å². The van der Waals surface area contributed by atoms with Crippen molar-refractivity contribution in [2.45, 2.75) is 38.1 Å². The number of hydrogen-bond acceptors (Lipinski definition) is 2. The summed E-state index contributed by atoms with van der Waals surface area (Å²) in [6, 6.07) is 7.59. The number of nitrogens with two attached hydrogens (primary N) is 1. The molecule has 2 rings (SSSR count). The highest BCUT2D eigenvalue weighted by Gasteiger charge is 2.21. The lowest BCUT2D eigenvalue weighted by molar-refractivity contribution is 0.186. The first-order valence-corrected chi connectivity index (χ1v) is 6.56. The van der Waals surface area contributed by atoms with Crippen LogP contribution in [0.5, 0.6) is 0 Å². The molecule has 0 radical (unpaired) electrons. The van der Waals surface area contributed by atoms with Crippen molar-refractivity contribution in [3.05, 3.63) is 24.3 Å². The van der Waals surface area contributed by atoms with Crippen LogP contribution in [0.15, 0.2) is 24.3 Å². The molecule has 0 bridgehead atoms. The van der Waals surface area contributed by atoms with Crippen molar-refractivity contribution in [2.24, 2.45) is 0 Å². The topological polar surface area (TPSA) is 58.4 Å². The molecule has 1 aliphatic carbocycles. The zero-order valence-electron chi connectivity index (χ0n) is 10.9. The van der Waals surface area contributed by atoms with E-state index in [-0.39, 0.29) is 6.03 Å². The Kier molecular flexibility index (Phi) is 4.07. The maximum absolute atomic E-state index is 12.1. The highest BCUT2D eigenvalue weighted by molar-refractivity contribution is 5.89. The van der Waals surface area contributed by atoms with Gasteiger partial charge >= 0.3 is 6.03 Å². The van der Waals surface area contributed by atoms with Crippen LogP contribution >= 0.6 is 0 Å². The van der Waals surface area contributed by atoms with Gasteiger partial charge in [0.25, 0.3) is 0 Å². The largest absolute Gasteiger partial charge is 0.399 e. The highest BCUT2D eigenvalue weighted by atomic mass is 16.2. The molecule has 1 saturated carbocycles. The lowest BCUT2D eigenvalue weighted by atomic mass is 9.95. The fraction of sp³-hybridized carbons (Fsp3) is 0.500. The van der Waals surface area contributed by atoms with Crippen LogP contribution in [0.25, 0.3) is 0 Å². The van der Waals surface area contributed by atoms with E-state index >= 15 is 0 Å². The van der Waals surface area contributed by atoms with Gasteiger partial charge in [-0.2, -0.15) is 0 Å². The molecule has 98 valence electrons. The molecule has 4 heteroatoms. The van der Waals surface area contributed by atoms with Crippen molar-refractivity contribution in [1.82, 2.24) is 4.90 Å². The van der Waals surface area contributed by atoms with Crippen LogP contribution in [-0.4, -0.2) is 24.0 Å². The average Bonchev–Trinajstić information content (AvgIpc) is 2.39. The van der Waals surface area contributed by atoms with Crippen LogP contribution in [0, 0.1) is 0 Å². The van der Waals surface area contributed by atoms with Gasteiger partial charge in [0.1, 0.15) is 0 Å². The van der Waals surface area contributed by atoms with E-state index < -0.39 is 0 Å². The van der Waals surface area contributed by atoms with Gasteiger partial charge in [-0.15, -0.1) is 0 Å². The quantitative estimate of drug-likeness (QED) is 0.789. The summed E-state index contributed by atoms with van der Waals surface area (Å²) in [5.74, 6) is 0.